The highest BCUT2D eigenvalue weighted by molar-refractivity contribution is 5.97. The molecule has 2 heterocycles. The van der Waals surface area contributed by atoms with Crippen molar-refractivity contribution < 1.29 is 28.1 Å². The van der Waals surface area contributed by atoms with Gasteiger partial charge in [0, 0.05) is 37.4 Å². The van der Waals surface area contributed by atoms with Crippen molar-refractivity contribution >= 4 is 28.5 Å². The largest absolute Gasteiger partial charge is 0.464 e. The monoisotopic (exact) mass is 573 g/mol. The van der Waals surface area contributed by atoms with Gasteiger partial charge >= 0.3 is 0 Å². The lowest BCUT2D eigenvalue weighted by Gasteiger charge is -2.29. The molecule has 1 unspecified atom stereocenters. The van der Waals surface area contributed by atoms with E-state index in [9.17, 15) is 28.9 Å². The van der Waals surface area contributed by atoms with Gasteiger partial charge in [-0.2, -0.15) is 0 Å². The van der Waals surface area contributed by atoms with Crippen molar-refractivity contribution in [2.45, 2.75) is 32.0 Å². The van der Waals surface area contributed by atoms with Crippen LogP contribution in [0.3, 0.4) is 0 Å². The lowest BCUT2D eigenvalue weighted by Crippen LogP contribution is -2.45. The molecule has 0 saturated carbocycles. The minimum Gasteiger partial charge on any atom is -0.464 e. The highest BCUT2D eigenvalue weighted by atomic mass is 19.1. The summed E-state index contributed by atoms with van der Waals surface area (Å²) in [4.78, 5) is 54.1. The molecular weight excluding hydrogens is 545 g/mol. The normalized spacial score (nSPS) is 14.5. The van der Waals surface area contributed by atoms with E-state index >= 15 is 0 Å². The predicted octanol–water partition coefficient (Wildman–Crippen LogP) is 4.69. The number of nitro benzene ring substituents is 1. The fourth-order valence-electron chi connectivity index (χ4n) is 4.93. The number of fused-ring (bicyclic) bond motifs is 1. The molecule has 216 valence electrons. The number of amides is 2. The van der Waals surface area contributed by atoms with Gasteiger partial charge in [-0.15, -0.1) is 0 Å². The van der Waals surface area contributed by atoms with E-state index in [1.807, 2.05) is 0 Å². The molecular formula is C31H28FN3O7. The van der Waals surface area contributed by atoms with E-state index in [0.717, 1.165) is 6.42 Å². The van der Waals surface area contributed by atoms with Crippen LogP contribution >= 0.6 is 0 Å². The molecule has 1 saturated heterocycles. The first-order valence-electron chi connectivity index (χ1n) is 13.5. The molecule has 1 aliphatic rings. The van der Waals surface area contributed by atoms with Gasteiger partial charge in [0.15, 0.2) is 5.43 Å². The molecule has 1 aromatic heterocycles. The highest BCUT2D eigenvalue weighted by Gasteiger charge is 2.28. The molecule has 1 fully saturated rings. The summed E-state index contributed by atoms with van der Waals surface area (Å²) in [6.07, 6.45) is 2.53. The number of hydrogen-bond donors (Lipinski definition) is 0. The summed E-state index contributed by atoms with van der Waals surface area (Å²) in [7, 11) is 0. The second kappa shape index (κ2) is 12.7. The molecule has 11 heteroatoms. The first kappa shape index (κ1) is 28.6. The first-order chi connectivity index (χ1) is 20.3. The lowest BCUT2D eigenvalue weighted by molar-refractivity contribution is -0.384. The number of carbonyl (C=O) groups is 2. The molecule has 0 radical (unpaired) electrons. The van der Waals surface area contributed by atoms with Crippen LogP contribution in [0.15, 0.2) is 88.3 Å². The van der Waals surface area contributed by atoms with Crippen LogP contribution in [0.25, 0.3) is 11.0 Å². The van der Waals surface area contributed by atoms with Gasteiger partial charge in [-0.25, -0.2) is 4.39 Å². The van der Waals surface area contributed by atoms with E-state index in [1.165, 1.54) is 64.6 Å². The van der Waals surface area contributed by atoms with Crippen molar-refractivity contribution in [3.05, 3.63) is 122 Å². The minimum absolute atomic E-state index is 0.0319. The average molecular weight is 574 g/mol. The molecule has 0 N–H and O–H groups in total. The van der Waals surface area contributed by atoms with Crippen molar-refractivity contribution in [1.82, 2.24) is 9.80 Å². The van der Waals surface area contributed by atoms with Gasteiger partial charge in [0.1, 0.15) is 17.9 Å². The Morgan fingerprint density at radius 2 is 1.79 bits per heavy atom. The Morgan fingerprint density at radius 3 is 2.52 bits per heavy atom. The van der Waals surface area contributed by atoms with Crippen LogP contribution in [0.5, 0.6) is 0 Å². The third-order valence-electron chi connectivity index (χ3n) is 7.12. The number of hydrogen-bond acceptors (Lipinski definition) is 7. The number of benzene rings is 3. The molecule has 1 aliphatic heterocycles. The van der Waals surface area contributed by atoms with E-state index in [0.29, 0.717) is 29.6 Å². The molecule has 5 rings (SSSR count). The smallest absolute Gasteiger partial charge is 0.270 e. The lowest BCUT2D eigenvalue weighted by atomic mass is 10.1. The zero-order valence-electron chi connectivity index (χ0n) is 22.6. The Hall–Kier alpha value is -4.90. The SMILES string of the molecule is O=C(CN(CC1CCCO1)C(=O)c1cccc([N+](=O)[O-])c1)N(Cc1ccc(F)cc1)Cc1coc2ccccc2c1=O. The molecule has 42 heavy (non-hydrogen) atoms. The van der Waals surface area contributed by atoms with Gasteiger partial charge in [-0.3, -0.25) is 24.5 Å². The van der Waals surface area contributed by atoms with Crippen LogP contribution < -0.4 is 5.43 Å². The molecule has 4 aromatic rings. The van der Waals surface area contributed by atoms with Crippen LogP contribution in [-0.4, -0.2) is 52.3 Å². The average Bonchev–Trinajstić information content (AvgIpc) is 3.52. The summed E-state index contributed by atoms with van der Waals surface area (Å²) in [5.74, 6) is -1.48. The molecule has 1 atom stereocenters. The summed E-state index contributed by atoms with van der Waals surface area (Å²) in [5.41, 5.74) is 0.788. The highest BCUT2D eigenvalue weighted by Crippen LogP contribution is 2.20. The van der Waals surface area contributed by atoms with E-state index in [2.05, 4.69) is 0 Å². The number of nitrogens with zero attached hydrogens (tertiary/aromatic N) is 3. The van der Waals surface area contributed by atoms with E-state index in [1.54, 1.807) is 24.3 Å². The molecule has 0 bridgehead atoms. The summed E-state index contributed by atoms with van der Waals surface area (Å²) in [6.45, 7) is 0.176. The minimum atomic E-state index is -0.591. The Bertz CT molecular complexity index is 1670. The summed E-state index contributed by atoms with van der Waals surface area (Å²) in [5, 5.41) is 11.7. The second-order valence-electron chi connectivity index (χ2n) is 10.1. The van der Waals surface area contributed by atoms with Crippen molar-refractivity contribution in [2.75, 3.05) is 19.7 Å². The molecule has 2 amide bonds. The van der Waals surface area contributed by atoms with Gasteiger partial charge in [0.2, 0.25) is 5.91 Å². The van der Waals surface area contributed by atoms with E-state index < -0.39 is 22.6 Å². The second-order valence-corrected chi connectivity index (χ2v) is 10.1. The quantitative estimate of drug-likeness (QED) is 0.199. The first-order valence-corrected chi connectivity index (χ1v) is 13.5. The number of carbonyl (C=O) groups excluding carboxylic acids is 2. The number of para-hydroxylation sites is 1. The number of non-ortho nitro benzene ring substituents is 1. The molecule has 3 aromatic carbocycles. The van der Waals surface area contributed by atoms with E-state index in [4.69, 9.17) is 9.15 Å². The molecule has 0 aliphatic carbocycles. The van der Waals surface area contributed by atoms with Gasteiger partial charge in [-0.1, -0.05) is 30.3 Å². The number of halogens is 1. The number of nitro groups is 1. The Balaban J connectivity index is 1.45. The zero-order chi connectivity index (χ0) is 29.6. The van der Waals surface area contributed by atoms with Gasteiger partial charge in [0.05, 0.1) is 34.8 Å². The Morgan fingerprint density at radius 1 is 1.00 bits per heavy atom. The van der Waals surface area contributed by atoms with Gasteiger partial charge in [-0.05, 0) is 48.7 Å². The standard InChI is InChI=1S/C31H28FN3O7/c32-24-12-10-21(11-13-24)16-33(17-23-20-42-28-9-2-1-8-27(28)30(23)37)29(36)19-34(18-26-7-4-14-41-26)31(38)22-5-3-6-25(15-22)35(39)40/h1-3,5-6,8-13,15,20,26H,4,7,14,16-19H2. The van der Waals surface area contributed by atoms with Crippen molar-refractivity contribution in [1.29, 1.82) is 0 Å². The van der Waals surface area contributed by atoms with Crippen LogP contribution in [0, 0.1) is 15.9 Å². The molecule has 0 spiro atoms. The molecule has 10 nitrogen and oxygen atoms in total. The topological polar surface area (TPSA) is 123 Å². The van der Waals surface area contributed by atoms with Crippen molar-refractivity contribution in [2.24, 2.45) is 0 Å². The van der Waals surface area contributed by atoms with Crippen molar-refractivity contribution in [3.63, 3.8) is 0 Å². The summed E-state index contributed by atoms with van der Waals surface area (Å²) >= 11 is 0. The maximum absolute atomic E-state index is 13.9. The maximum Gasteiger partial charge on any atom is 0.270 e. The van der Waals surface area contributed by atoms with Crippen LogP contribution in [0.1, 0.15) is 34.3 Å². The van der Waals surface area contributed by atoms with Crippen LogP contribution in [0.4, 0.5) is 10.1 Å². The Labute approximate surface area is 240 Å². The fraction of sp³-hybridized carbons (Fsp3) is 0.258. The number of ether oxygens (including phenoxy) is 1. The van der Waals surface area contributed by atoms with Crippen molar-refractivity contribution in [3.8, 4) is 0 Å². The fourth-order valence-corrected chi connectivity index (χ4v) is 4.93. The Kier molecular flexibility index (Phi) is 8.68. The zero-order valence-corrected chi connectivity index (χ0v) is 22.6. The summed E-state index contributed by atoms with van der Waals surface area (Å²) < 4.78 is 25.0. The third kappa shape index (κ3) is 6.69. The predicted molar refractivity (Wildman–Crippen MR) is 151 cm³/mol. The van der Waals surface area contributed by atoms with Gasteiger partial charge in [0.25, 0.3) is 11.6 Å². The maximum atomic E-state index is 13.9. The van der Waals surface area contributed by atoms with E-state index in [-0.39, 0.29) is 54.5 Å². The third-order valence-corrected chi connectivity index (χ3v) is 7.12. The van der Waals surface area contributed by atoms with Gasteiger partial charge < -0.3 is 19.0 Å². The van der Waals surface area contributed by atoms with Crippen LogP contribution in [-0.2, 0) is 22.6 Å². The number of rotatable bonds is 10. The summed E-state index contributed by atoms with van der Waals surface area (Å²) in [6, 6.07) is 17.7. The van der Waals surface area contributed by atoms with Crippen LogP contribution in [0.2, 0.25) is 0 Å².